The average Bonchev–Trinajstić information content (AvgIpc) is 2.44. The molecule has 1 aromatic carbocycles. The highest BCUT2D eigenvalue weighted by molar-refractivity contribution is 9.10. The van der Waals surface area contributed by atoms with E-state index in [-0.39, 0.29) is 0 Å². The van der Waals surface area contributed by atoms with E-state index < -0.39 is 0 Å². The summed E-state index contributed by atoms with van der Waals surface area (Å²) in [6, 6.07) is 12.0. The number of nitrogens with two attached hydrogens (primary N) is 1. The van der Waals surface area contributed by atoms with Crippen molar-refractivity contribution < 1.29 is 4.74 Å². The van der Waals surface area contributed by atoms with E-state index in [0.29, 0.717) is 18.2 Å². The van der Waals surface area contributed by atoms with Crippen molar-refractivity contribution in [1.82, 2.24) is 4.98 Å². The number of ether oxygens (including phenoxy) is 1. The summed E-state index contributed by atoms with van der Waals surface area (Å²) in [6.07, 6.45) is 0. The number of aromatic nitrogens is 1. The van der Waals surface area contributed by atoms with E-state index in [1.807, 2.05) is 38.2 Å². The van der Waals surface area contributed by atoms with E-state index in [9.17, 15) is 0 Å². The number of hydrogen-bond acceptors (Lipinski definition) is 4. The van der Waals surface area contributed by atoms with Crippen LogP contribution >= 0.6 is 15.9 Å². The summed E-state index contributed by atoms with van der Waals surface area (Å²) >= 11 is 3.43. The van der Waals surface area contributed by atoms with Crippen LogP contribution in [0.4, 0.5) is 11.5 Å². The number of hydrogen-bond donors (Lipinski definition) is 1. The van der Waals surface area contributed by atoms with Crippen molar-refractivity contribution in [1.29, 1.82) is 0 Å². The first kappa shape index (κ1) is 14.7. The fourth-order valence-electron chi connectivity index (χ4n) is 1.85. The van der Waals surface area contributed by atoms with Crippen LogP contribution in [0, 0.1) is 0 Å². The zero-order valence-electron chi connectivity index (χ0n) is 11.6. The lowest BCUT2D eigenvalue weighted by Crippen LogP contribution is -2.18. The first-order chi connectivity index (χ1) is 9.60. The summed E-state index contributed by atoms with van der Waals surface area (Å²) in [5.41, 5.74) is 7.61. The van der Waals surface area contributed by atoms with Gasteiger partial charge in [0, 0.05) is 18.1 Å². The third-order valence-corrected chi connectivity index (χ3v) is 3.41. The molecule has 0 spiro atoms. The third kappa shape index (κ3) is 3.63. The molecule has 0 saturated heterocycles. The molecule has 0 aliphatic carbocycles. The monoisotopic (exact) mass is 335 g/mol. The molecule has 0 fully saturated rings. The van der Waals surface area contributed by atoms with Crippen LogP contribution in [0.25, 0.3) is 0 Å². The Balaban J connectivity index is 2.14. The molecule has 0 bridgehead atoms. The van der Waals surface area contributed by atoms with E-state index in [0.717, 1.165) is 16.8 Å². The molecule has 1 heterocycles. The fourth-order valence-corrected chi connectivity index (χ4v) is 2.12. The third-order valence-electron chi connectivity index (χ3n) is 2.88. The van der Waals surface area contributed by atoms with Gasteiger partial charge in [0.15, 0.2) is 0 Å². The summed E-state index contributed by atoms with van der Waals surface area (Å²) in [6.45, 7) is 3.24. The van der Waals surface area contributed by atoms with Gasteiger partial charge in [0.25, 0.3) is 0 Å². The van der Waals surface area contributed by atoms with Crippen LogP contribution in [0.15, 0.2) is 40.9 Å². The topological polar surface area (TPSA) is 51.4 Å². The second kappa shape index (κ2) is 6.61. The molecule has 0 radical (unpaired) electrons. The van der Waals surface area contributed by atoms with Gasteiger partial charge < -0.3 is 15.4 Å². The first-order valence-electron chi connectivity index (χ1n) is 6.45. The Kier molecular flexibility index (Phi) is 4.84. The molecule has 0 atom stereocenters. The van der Waals surface area contributed by atoms with Gasteiger partial charge in [-0.15, -0.1) is 0 Å². The zero-order chi connectivity index (χ0) is 14.5. The molecule has 0 aliphatic rings. The lowest BCUT2D eigenvalue weighted by atomic mass is 10.2. The number of anilines is 2. The number of nitrogen functional groups attached to an aromatic ring is 1. The molecule has 4 nitrogen and oxygen atoms in total. The van der Waals surface area contributed by atoms with Crippen LogP contribution in [0.1, 0.15) is 12.5 Å². The van der Waals surface area contributed by atoms with Gasteiger partial charge in [-0.05, 0) is 36.8 Å². The Morgan fingerprint density at radius 2 is 1.90 bits per heavy atom. The largest absolute Gasteiger partial charge is 0.476 e. The number of pyridine rings is 1. The fraction of sp³-hybridized carbons (Fsp3) is 0.267. The molecule has 2 N–H and O–H groups in total. The summed E-state index contributed by atoms with van der Waals surface area (Å²) < 4.78 is 6.50. The Morgan fingerprint density at radius 3 is 2.55 bits per heavy atom. The highest BCUT2D eigenvalue weighted by Crippen LogP contribution is 2.23. The predicted octanol–water partition coefficient (Wildman–Crippen LogP) is 3.46. The van der Waals surface area contributed by atoms with Gasteiger partial charge in [-0.1, -0.05) is 28.1 Å². The molecular weight excluding hydrogens is 318 g/mol. The minimum absolute atomic E-state index is 0.493. The number of nitrogens with zero attached hydrogens (tertiary/aromatic N) is 2. The zero-order valence-corrected chi connectivity index (χ0v) is 13.2. The standard InChI is InChI=1S/C15H18BrN3O/c1-3-20-15-13(17)8-9-14(18-15)19(2)10-11-4-6-12(16)7-5-11/h4-9H,3,10,17H2,1-2H3. The van der Waals surface area contributed by atoms with Gasteiger partial charge in [0.1, 0.15) is 5.82 Å². The SMILES string of the molecule is CCOc1nc(N(C)Cc2ccc(Br)cc2)ccc1N. The van der Waals surface area contributed by atoms with Crippen molar-refractivity contribution in [3.63, 3.8) is 0 Å². The van der Waals surface area contributed by atoms with Crippen LogP contribution in [0.3, 0.4) is 0 Å². The lowest BCUT2D eigenvalue weighted by molar-refractivity contribution is 0.329. The molecule has 2 rings (SSSR count). The number of benzene rings is 1. The summed E-state index contributed by atoms with van der Waals surface area (Å²) in [5.74, 6) is 1.33. The average molecular weight is 336 g/mol. The Hall–Kier alpha value is -1.75. The van der Waals surface area contributed by atoms with Crippen LogP contribution < -0.4 is 15.4 Å². The van der Waals surface area contributed by atoms with Gasteiger partial charge in [-0.2, -0.15) is 4.98 Å². The molecule has 5 heteroatoms. The summed E-state index contributed by atoms with van der Waals surface area (Å²) in [5, 5.41) is 0. The van der Waals surface area contributed by atoms with Gasteiger partial charge in [-0.3, -0.25) is 0 Å². The molecule has 0 aliphatic heterocycles. The molecule has 0 amide bonds. The van der Waals surface area contributed by atoms with Crippen LogP contribution in [0.5, 0.6) is 5.88 Å². The Bertz CT molecular complexity index is 572. The van der Waals surface area contributed by atoms with E-state index in [2.05, 4.69) is 37.9 Å². The molecule has 0 unspecified atom stereocenters. The van der Waals surface area contributed by atoms with Crippen LogP contribution in [-0.4, -0.2) is 18.6 Å². The normalized spacial score (nSPS) is 10.3. The number of halogens is 1. The van der Waals surface area contributed by atoms with E-state index in [1.54, 1.807) is 0 Å². The highest BCUT2D eigenvalue weighted by atomic mass is 79.9. The van der Waals surface area contributed by atoms with Crippen molar-refractivity contribution >= 4 is 27.4 Å². The maximum absolute atomic E-state index is 5.83. The second-order valence-corrected chi connectivity index (χ2v) is 5.40. The quantitative estimate of drug-likeness (QED) is 0.908. The minimum atomic E-state index is 0.493. The predicted molar refractivity (Wildman–Crippen MR) is 86.1 cm³/mol. The van der Waals surface area contributed by atoms with Gasteiger partial charge in [-0.25, -0.2) is 0 Å². The highest BCUT2D eigenvalue weighted by Gasteiger charge is 2.08. The Labute approximate surface area is 127 Å². The van der Waals surface area contributed by atoms with E-state index in [4.69, 9.17) is 10.5 Å². The van der Waals surface area contributed by atoms with Crippen molar-refractivity contribution in [2.75, 3.05) is 24.3 Å². The Morgan fingerprint density at radius 1 is 1.20 bits per heavy atom. The van der Waals surface area contributed by atoms with E-state index >= 15 is 0 Å². The maximum Gasteiger partial charge on any atom is 0.239 e. The molecule has 1 aromatic heterocycles. The van der Waals surface area contributed by atoms with Crippen LogP contribution in [0.2, 0.25) is 0 Å². The summed E-state index contributed by atoms with van der Waals surface area (Å²) in [7, 11) is 2.00. The smallest absolute Gasteiger partial charge is 0.239 e. The first-order valence-corrected chi connectivity index (χ1v) is 7.24. The maximum atomic E-state index is 5.83. The van der Waals surface area contributed by atoms with Crippen molar-refractivity contribution in [3.05, 3.63) is 46.4 Å². The molecule has 2 aromatic rings. The van der Waals surface area contributed by atoms with Crippen molar-refractivity contribution in [3.8, 4) is 5.88 Å². The minimum Gasteiger partial charge on any atom is -0.476 e. The van der Waals surface area contributed by atoms with Crippen LogP contribution in [-0.2, 0) is 6.54 Å². The molecule has 20 heavy (non-hydrogen) atoms. The van der Waals surface area contributed by atoms with Gasteiger partial charge >= 0.3 is 0 Å². The second-order valence-electron chi connectivity index (χ2n) is 4.48. The molecular formula is C15H18BrN3O. The van der Waals surface area contributed by atoms with Crippen molar-refractivity contribution in [2.45, 2.75) is 13.5 Å². The summed E-state index contributed by atoms with van der Waals surface area (Å²) in [4.78, 5) is 6.51. The molecule has 0 saturated carbocycles. The number of rotatable bonds is 5. The van der Waals surface area contributed by atoms with Gasteiger partial charge in [0.2, 0.25) is 5.88 Å². The molecule has 106 valence electrons. The van der Waals surface area contributed by atoms with E-state index in [1.165, 1.54) is 5.56 Å². The van der Waals surface area contributed by atoms with Gasteiger partial charge in [0.05, 0.1) is 12.3 Å². The van der Waals surface area contributed by atoms with Crippen molar-refractivity contribution in [2.24, 2.45) is 0 Å². The lowest BCUT2D eigenvalue weighted by Gasteiger charge is -2.19.